The first-order valence-corrected chi connectivity index (χ1v) is 9.13. The van der Waals surface area contributed by atoms with E-state index in [2.05, 4.69) is 5.32 Å². The Morgan fingerprint density at radius 1 is 1.11 bits per heavy atom. The summed E-state index contributed by atoms with van der Waals surface area (Å²) in [6, 6.07) is 10.9. The summed E-state index contributed by atoms with van der Waals surface area (Å²) in [4.78, 5) is 13.3. The lowest BCUT2D eigenvalue weighted by Gasteiger charge is -2.36. The smallest absolute Gasteiger partial charge is 0.235 e. The number of carbonyl (C=O) groups is 1. The second-order valence-electron chi connectivity index (χ2n) is 6.57. The highest BCUT2D eigenvalue weighted by Gasteiger charge is 2.42. The molecule has 1 saturated heterocycles. The van der Waals surface area contributed by atoms with Crippen molar-refractivity contribution in [3.8, 4) is 17.2 Å². The molecule has 2 aliphatic rings. The second-order valence-corrected chi connectivity index (χ2v) is 6.97. The molecular formula is C20H20ClNO5. The van der Waals surface area contributed by atoms with Crippen LogP contribution >= 0.6 is 11.6 Å². The Morgan fingerprint density at radius 2 is 1.89 bits per heavy atom. The summed E-state index contributed by atoms with van der Waals surface area (Å²) in [5.41, 5.74) is 0.815. The van der Waals surface area contributed by atoms with Crippen LogP contribution in [0.4, 0.5) is 5.69 Å². The molecule has 0 aliphatic carbocycles. The van der Waals surface area contributed by atoms with Gasteiger partial charge in [0.1, 0.15) is 5.75 Å². The van der Waals surface area contributed by atoms with Gasteiger partial charge in [-0.05, 0) is 48.7 Å². The zero-order valence-electron chi connectivity index (χ0n) is 14.9. The number of fused-ring (bicyclic) bond motifs is 1. The average molecular weight is 390 g/mol. The lowest BCUT2D eigenvalue weighted by Crippen LogP contribution is -2.44. The van der Waals surface area contributed by atoms with E-state index in [-0.39, 0.29) is 12.7 Å². The van der Waals surface area contributed by atoms with Crippen LogP contribution in [-0.4, -0.2) is 33.0 Å². The highest BCUT2D eigenvalue weighted by atomic mass is 35.5. The van der Waals surface area contributed by atoms with E-state index in [0.717, 1.165) is 5.56 Å². The number of hydrogen-bond donors (Lipinski definition) is 1. The molecular weight excluding hydrogens is 370 g/mol. The molecule has 0 aromatic heterocycles. The van der Waals surface area contributed by atoms with Crippen LogP contribution in [0.15, 0.2) is 36.4 Å². The predicted octanol–water partition coefficient (Wildman–Crippen LogP) is 3.76. The fourth-order valence-electron chi connectivity index (χ4n) is 3.56. The first-order chi connectivity index (χ1) is 13.1. The minimum absolute atomic E-state index is 0.0918. The van der Waals surface area contributed by atoms with E-state index in [0.29, 0.717) is 54.0 Å². The summed E-state index contributed by atoms with van der Waals surface area (Å²) in [5.74, 6) is 1.83. The van der Waals surface area contributed by atoms with Crippen molar-refractivity contribution in [1.82, 2.24) is 0 Å². The molecule has 2 aromatic carbocycles. The molecule has 7 heteroatoms. The molecule has 6 nitrogen and oxygen atoms in total. The maximum absolute atomic E-state index is 13.3. The van der Waals surface area contributed by atoms with Gasteiger partial charge in [0.05, 0.1) is 17.5 Å². The summed E-state index contributed by atoms with van der Waals surface area (Å²) in [6.45, 7) is 1.24. The number of ether oxygens (including phenoxy) is 4. The average Bonchev–Trinajstić information content (AvgIpc) is 3.16. The van der Waals surface area contributed by atoms with Gasteiger partial charge in [-0.25, -0.2) is 0 Å². The van der Waals surface area contributed by atoms with E-state index in [1.807, 2.05) is 18.2 Å². The number of rotatable bonds is 4. The van der Waals surface area contributed by atoms with Gasteiger partial charge in [-0.15, -0.1) is 0 Å². The zero-order valence-corrected chi connectivity index (χ0v) is 15.7. The molecule has 142 valence electrons. The second kappa shape index (κ2) is 7.29. The van der Waals surface area contributed by atoms with E-state index in [4.69, 9.17) is 30.5 Å². The third kappa shape index (κ3) is 3.31. The van der Waals surface area contributed by atoms with Crippen molar-refractivity contribution in [2.45, 2.75) is 18.3 Å². The molecule has 0 spiro atoms. The highest BCUT2D eigenvalue weighted by Crippen LogP contribution is 2.41. The third-order valence-corrected chi connectivity index (χ3v) is 5.41. The number of anilines is 1. The van der Waals surface area contributed by atoms with Crippen molar-refractivity contribution in [2.24, 2.45) is 0 Å². The fraction of sp³-hybridized carbons (Fsp3) is 0.350. The first kappa shape index (κ1) is 17.9. The summed E-state index contributed by atoms with van der Waals surface area (Å²) in [7, 11) is 1.55. The van der Waals surface area contributed by atoms with E-state index in [9.17, 15) is 4.79 Å². The minimum atomic E-state index is -0.703. The highest BCUT2D eigenvalue weighted by molar-refractivity contribution is 6.32. The van der Waals surface area contributed by atoms with Crippen LogP contribution in [0, 0.1) is 0 Å². The maximum atomic E-state index is 13.3. The molecule has 1 N–H and O–H groups in total. The summed E-state index contributed by atoms with van der Waals surface area (Å²) in [6.07, 6.45) is 1.17. The van der Waals surface area contributed by atoms with E-state index < -0.39 is 5.41 Å². The molecule has 2 aromatic rings. The fourth-order valence-corrected chi connectivity index (χ4v) is 3.81. The lowest BCUT2D eigenvalue weighted by atomic mass is 9.73. The Labute approximate surface area is 162 Å². The van der Waals surface area contributed by atoms with Crippen LogP contribution < -0.4 is 19.5 Å². The van der Waals surface area contributed by atoms with Crippen molar-refractivity contribution in [3.63, 3.8) is 0 Å². The standard InChI is InChI=1S/C20H20ClNO5/c1-24-16-5-3-14(11-15(16)21)22-19(23)20(6-8-25-9-7-20)13-2-4-17-18(10-13)27-12-26-17/h2-5,10-11H,6-9,12H2,1H3,(H,22,23). The molecule has 4 rings (SSSR count). The van der Waals surface area contributed by atoms with Gasteiger partial charge in [0.2, 0.25) is 12.7 Å². The number of amides is 1. The molecule has 2 aliphatic heterocycles. The van der Waals surface area contributed by atoms with Crippen molar-refractivity contribution in [2.75, 3.05) is 32.4 Å². The van der Waals surface area contributed by atoms with Crippen molar-refractivity contribution >= 4 is 23.2 Å². The van der Waals surface area contributed by atoms with Crippen LogP contribution in [0.2, 0.25) is 5.02 Å². The predicted molar refractivity (Wildman–Crippen MR) is 101 cm³/mol. The Bertz CT molecular complexity index is 863. The van der Waals surface area contributed by atoms with Crippen molar-refractivity contribution in [3.05, 3.63) is 47.0 Å². The van der Waals surface area contributed by atoms with Crippen LogP contribution in [-0.2, 0) is 14.9 Å². The largest absolute Gasteiger partial charge is 0.495 e. The third-order valence-electron chi connectivity index (χ3n) is 5.12. The Hall–Kier alpha value is -2.44. The molecule has 0 radical (unpaired) electrons. The molecule has 0 unspecified atom stereocenters. The molecule has 1 amide bonds. The van der Waals surface area contributed by atoms with E-state index in [1.165, 1.54) is 0 Å². The lowest BCUT2D eigenvalue weighted by molar-refractivity contribution is -0.125. The van der Waals surface area contributed by atoms with E-state index >= 15 is 0 Å². The molecule has 0 saturated carbocycles. The van der Waals surface area contributed by atoms with Crippen LogP contribution in [0.5, 0.6) is 17.2 Å². The summed E-state index contributed by atoms with van der Waals surface area (Å²) in [5, 5.41) is 3.45. The van der Waals surface area contributed by atoms with Gasteiger partial charge >= 0.3 is 0 Å². The van der Waals surface area contributed by atoms with Crippen LogP contribution in [0.1, 0.15) is 18.4 Å². The van der Waals surface area contributed by atoms with Crippen molar-refractivity contribution < 1.29 is 23.7 Å². The van der Waals surface area contributed by atoms with Crippen molar-refractivity contribution in [1.29, 1.82) is 0 Å². The van der Waals surface area contributed by atoms with Gasteiger partial charge in [0, 0.05) is 18.9 Å². The zero-order chi connectivity index (χ0) is 18.9. The number of benzene rings is 2. The normalized spacial score (nSPS) is 17.4. The van der Waals surface area contributed by atoms with Gasteiger partial charge < -0.3 is 24.3 Å². The number of nitrogens with one attached hydrogen (secondary N) is 1. The molecule has 0 bridgehead atoms. The Kier molecular flexibility index (Phi) is 4.85. The van der Waals surface area contributed by atoms with Crippen LogP contribution in [0.25, 0.3) is 0 Å². The monoisotopic (exact) mass is 389 g/mol. The van der Waals surface area contributed by atoms with E-state index in [1.54, 1.807) is 25.3 Å². The number of halogens is 1. The molecule has 2 heterocycles. The van der Waals surface area contributed by atoms with Gasteiger partial charge in [-0.3, -0.25) is 4.79 Å². The SMILES string of the molecule is COc1ccc(NC(=O)C2(c3ccc4c(c3)OCO4)CCOCC2)cc1Cl. The number of hydrogen-bond acceptors (Lipinski definition) is 5. The topological polar surface area (TPSA) is 66.0 Å². The molecule has 27 heavy (non-hydrogen) atoms. The molecule has 0 atom stereocenters. The Balaban J connectivity index is 1.65. The van der Waals surface area contributed by atoms with Gasteiger partial charge in [0.25, 0.3) is 0 Å². The van der Waals surface area contributed by atoms with Gasteiger partial charge in [-0.2, -0.15) is 0 Å². The molecule has 1 fully saturated rings. The minimum Gasteiger partial charge on any atom is -0.495 e. The maximum Gasteiger partial charge on any atom is 0.235 e. The summed E-state index contributed by atoms with van der Waals surface area (Å²) >= 11 is 6.19. The number of methoxy groups -OCH3 is 1. The Morgan fingerprint density at radius 3 is 2.63 bits per heavy atom. The van der Waals surface area contributed by atoms with Gasteiger partial charge in [-0.1, -0.05) is 17.7 Å². The summed E-state index contributed by atoms with van der Waals surface area (Å²) < 4.78 is 21.6. The number of carbonyl (C=O) groups excluding carboxylic acids is 1. The first-order valence-electron chi connectivity index (χ1n) is 8.75. The quantitative estimate of drug-likeness (QED) is 0.862. The van der Waals surface area contributed by atoms with Crippen LogP contribution in [0.3, 0.4) is 0 Å². The van der Waals surface area contributed by atoms with Gasteiger partial charge in [0.15, 0.2) is 11.5 Å².